The van der Waals surface area contributed by atoms with Gasteiger partial charge in [0.05, 0.1) is 0 Å². The number of fused-ring (bicyclic) bond motifs is 1. The Bertz CT molecular complexity index is 1070. The Hall–Kier alpha value is -2.60. The Morgan fingerprint density at radius 1 is 1.19 bits per heavy atom. The van der Waals surface area contributed by atoms with E-state index < -0.39 is 11.6 Å². The van der Waals surface area contributed by atoms with E-state index in [1.54, 1.807) is 0 Å². The number of hydrogen-bond acceptors (Lipinski definition) is 4. The first-order chi connectivity index (χ1) is 12.9. The molecule has 0 spiro atoms. The lowest BCUT2D eigenvalue weighted by molar-refractivity contribution is -0.136. The molecule has 1 N–H and O–H groups in total. The molecule has 5 nitrogen and oxygen atoms in total. The number of aryl methyl sites for hydroxylation is 2. The van der Waals surface area contributed by atoms with E-state index in [4.69, 9.17) is 14.3 Å². The van der Waals surface area contributed by atoms with E-state index in [2.05, 4.69) is 15.9 Å². The zero-order valence-corrected chi connectivity index (χ0v) is 16.6. The van der Waals surface area contributed by atoms with Crippen molar-refractivity contribution < 1.29 is 19.1 Å². The van der Waals surface area contributed by atoms with Crippen LogP contribution in [0.3, 0.4) is 0 Å². The predicted molar refractivity (Wildman–Crippen MR) is 106 cm³/mol. The molecule has 0 saturated heterocycles. The van der Waals surface area contributed by atoms with E-state index >= 15 is 0 Å². The molecule has 0 aliphatic heterocycles. The van der Waals surface area contributed by atoms with E-state index in [1.165, 1.54) is 0 Å². The average molecular weight is 431 g/mol. The largest absolute Gasteiger partial charge is 0.488 e. The van der Waals surface area contributed by atoms with Gasteiger partial charge in [-0.3, -0.25) is 4.79 Å². The monoisotopic (exact) mass is 430 g/mol. The number of benzene rings is 2. The Labute approximate surface area is 164 Å². The van der Waals surface area contributed by atoms with Gasteiger partial charge in [-0.05, 0) is 55.7 Å². The van der Waals surface area contributed by atoms with Gasteiger partial charge in [-0.2, -0.15) is 0 Å². The minimum Gasteiger partial charge on any atom is -0.488 e. The maximum absolute atomic E-state index is 12.3. The third kappa shape index (κ3) is 4.22. The SMILES string of the molecule is Cc1c(CCC(=O)O)c(=O)oc2c(C)c(OCc3cccc(Br)c3)ccc12. The molecule has 1 aromatic heterocycles. The Balaban J connectivity index is 1.93. The van der Waals surface area contributed by atoms with Crippen LogP contribution in [0.2, 0.25) is 0 Å². The minimum atomic E-state index is -0.943. The highest BCUT2D eigenvalue weighted by molar-refractivity contribution is 9.10. The number of halogens is 1. The second-order valence-corrected chi connectivity index (χ2v) is 7.29. The lowest BCUT2D eigenvalue weighted by atomic mass is 10.0. The van der Waals surface area contributed by atoms with Crippen LogP contribution in [0, 0.1) is 13.8 Å². The molecular weight excluding hydrogens is 412 g/mol. The summed E-state index contributed by atoms with van der Waals surface area (Å²) in [7, 11) is 0. The number of aliphatic carboxylic acids is 1. The second-order valence-electron chi connectivity index (χ2n) is 6.37. The van der Waals surface area contributed by atoms with Crippen LogP contribution in [0.15, 0.2) is 50.1 Å². The summed E-state index contributed by atoms with van der Waals surface area (Å²) in [5.74, 6) is -0.301. The first-order valence-electron chi connectivity index (χ1n) is 8.51. The van der Waals surface area contributed by atoms with Crippen molar-refractivity contribution in [3.8, 4) is 5.75 Å². The number of rotatable bonds is 6. The fourth-order valence-electron chi connectivity index (χ4n) is 3.04. The molecule has 2 aromatic carbocycles. The fraction of sp³-hybridized carbons (Fsp3) is 0.238. The van der Waals surface area contributed by atoms with Crippen molar-refractivity contribution >= 4 is 32.9 Å². The van der Waals surface area contributed by atoms with Crippen LogP contribution in [-0.2, 0) is 17.8 Å². The normalized spacial score (nSPS) is 10.9. The van der Waals surface area contributed by atoms with Crippen LogP contribution in [0.1, 0.15) is 28.7 Å². The number of ether oxygens (including phenoxy) is 1. The van der Waals surface area contributed by atoms with Gasteiger partial charge in [0.2, 0.25) is 0 Å². The first-order valence-corrected chi connectivity index (χ1v) is 9.31. The maximum atomic E-state index is 12.3. The van der Waals surface area contributed by atoms with Crippen molar-refractivity contribution in [2.45, 2.75) is 33.3 Å². The van der Waals surface area contributed by atoms with Crippen LogP contribution in [0.25, 0.3) is 11.0 Å². The van der Waals surface area contributed by atoms with E-state index in [0.717, 1.165) is 26.5 Å². The van der Waals surface area contributed by atoms with Crippen LogP contribution >= 0.6 is 15.9 Å². The highest BCUT2D eigenvalue weighted by Gasteiger charge is 2.16. The van der Waals surface area contributed by atoms with Crippen molar-refractivity contribution in [3.05, 3.63) is 73.5 Å². The topological polar surface area (TPSA) is 76.7 Å². The Morgan fingerprint density at radius 2 is 1.96 bits per heavy atom. The summed E-state index contributed by atoms with van der Waals surface area (Å²) >= 11 is 3.44. The van der Waals surface area contributed by atoms with E-state index in [-0.39, 0.29) is 12.8 Å². The number of hydrogen-bond donors (Lipinski definition) is 1. The fourth-order valence-corrected chi connectivity index (χ4v) is 3.48. The zero-order chi connectivity index (χ0) is 19.6. The standard InChI is InChI=1S/C21H19BrO5/c1-12-16-6-8-18(26-11-14-4-3-5-15(22)10-14)13(2)20(16)27-21(25)17(12)7-9-19(23)24/h3-6,8,10H,7,9,11H2,1-2H3,(H,23,24). The second kappa shape index (κ2) is 7.96. The summed E-state index contributed by atoms with van der Waals surface area (Å²) in [5.41, 5.74) is 2.91. The molecule has 0 atom stereocenters. The van der Waals surface area contributed by atoms with Gasteiger partial charge in [-0.15, -0.1) is 0 Å². The lowest BCUT2D eigenvalue weighted by Crippen LogP contribution is -2.12. The van der Waals surface area contributed by atoms with Crippen LogP contribution in [0.5, 0.6) is 5.75 Å². The number of carboxylic acids is 1. The zero-order valence-electron chi connectivity index (χ0n) is 15.0. The number of carbonyl (C=O) groups is 1. The Kier molecular flexibility index (Phi) is 5.65. The minimum absolute atomic E-state index is 0.107. The molecule has 0 aliphatic rings. The van der Waals surface area contributed by atoms with E-state index in [1.807, 2.05) is 50.2 Å². The van der Waals surface area contributed by atoms with Crippen molar-refractivity contribution in [1.29, 1.82) is 0 Å². The van der Waals surface area contributed by atoms with Crippen molar-refractivity contribution in [1.82, 2.24) is 0 Å². The molecule has 3 rings (SSSR count). The number of carboxylic acid groups (broad SMARTS) is 1. The summed E-state index contributed by atoms with van der Waals surface area (Å²) in [6, 6.07) is 11.5. The highest BCUT2D eigenvalue weighted by Crippen LogP contribution is 2.30. The summed E-state index contributed by atoms with van der Waals surface area (Å²) in [6.45, 7) is 4.06. The van der Waals surface area contributed by atoms with Gasteiger partial charge >= 0.3 is 11.6 Å². The molecule has 0 unspecified atom stereocenters. The molecule has 3 aromatic rings. The van der Waals surface area contributed by atoms with Gasteiger partial charge in [0, 0.05) is 27.4 Å². The van der Waals surface area contributed by atoms with Crippen LogP contribution in [0.4, 0.5) is 0 Å². The first kappa shape index (κ1) is 19.2. The van der Waals surface area contributed by atoms with Crippen LogP contribution < -0.4 is 10.4 Å². The molecule has 6 heteroatoms. The molecule has 0 radical (unpaired) electrons. The summed E-state index contributed by atoms with van der Waals surface area (Å²) < 4.78 is 12.4. The van der Waals surface area contributed by atoms with Gasteiger partial charge in [-0.1, -0.05) is 28.1 Å². The highest BCUT2D eigenvalue weighted by atomic mass is 79.9. The molecule has 0 bridgehead atoms. The summed E-state index contributed by atoms with van der Waals surface area (Å²) in [4.78, 5) is 23.2. The molecule has 27 heavy (non-hydrogen) atoms. The van der Waals surface area contributed by atoms with Crippen molar-refractivity contribution in [2.75, 3.05) is 0 Å². The Morgan fingerprint density at radius 3 is 2.67 bits per heavy atom. The summed E-state index contributed by atoms with van der Waals surface area (Å²) in [6.07, 6.45) is 0.0452. The predicted octanol–water partition coefficient (Wildman–Crippen LogP) is 4.77. The van der Waals surface area contributed by atoms with Crippen molar-refractivity contribution in [3.63, 3.8) is 0 Å². The smallest absolute Gasteiger partial charge is 0.339 e. The molecule has 140 valence electrons. The van der Waals surface area contributed by atoms with Gasteiger partial charge < -0.3 is 14.3 Å². The van der Waals surface area contributed by atoms with Gasteiger partial charge in [-0.25, -0.2) is 4.79 Å². The van der Waals surface area contributed by atoms with Gasteiger partial charge in [0.25, 0.3) is 0 Å². The van der Waals surface area contributed by atoms with Gasteiger partial charge in [0.15, 0.2) is 0 Å². The quantitative estimate of drug-likeness (QED) is 0.569. The average Bonchev–Trinajstić information content (AvgIpc) is 2.61. The maximum Gasteiger partial charge on any atom is 0.339 e. The molecule has 1 heterocycles. The molecule has 0 aliphatic carbocycles. The van der Waals surface area contributed by atoms with E-state index in [0.29, 0.717) is 23.5 Å². The molecular formula is C21H19BrO5. The van der Waals surface area contributed by atoms with Gasteiger partial charge in [0.1, 0.15) is 17.9 Å². The van der Waals surface area contributed by atoms with E-state index in [9.17, 15) is 9.59 Å². The third-order valence-electron chi connectivity index (χ3n) is 4.53. The summed E-state index contributed by atoms with van der Waals surface area (Å²) in [5, 5.41) is 9.66. The lowest BCUT2D eigenvalue weighted by Gasteiger charge is -2.13. The molecule has 0 saturated carbocycles. The van der Waals surface area contributed by atoms with Crippen LogP contribution in [-0.4, -0.2) is 11.1 Å². The third-order valence-corrected chi connectivity index (χ3v) is 5.02. The molecule has 0 amide bonds. The molecule has 0 fully saturated rings. The van der Waals surface area contributed by atoms with Crippen molar-refractivity contribution in [2.24, 2.45) is 0 Å².